The fourth-order valence-electron chi connectivity index (χ4n) is 2.51. The number of hydrogen-bond donors (Lipinski definition) is 1. The predicted octanol–water partition coefficient (Wildman–Crippen LogP) is 3.82. The van der Waals surface area contributed by atoms with E-state index in [2.05, 4.69) is 15.5 Å². The van der Waals surface area contributed by atoms with E-state index in [9.17, 15) is 4.79 Å². The van der Waals surface area contributed by atoms with E-state index >= 15 is 0 Å². The lowest BCUT2D eigenvalue weighted by Crippen LogP contribution is -2.19. The molecule has 0 fully saturated rings. The number of hydrazone groups is 1. The number of methoxy groups -OCH3 is 1. The second kappa shape index (κ2) is 9.32. The molecule has 0 aliphatic rings. The summed E-state index contributed by atoms with van der Waals surface area (Å²) in [6.45, 7) is 2.26. The van der Waals surface area contributed by atoms with Gasteiger partial charge in [-0.15, -0.1) is 0 Å². The minimum atomic E-state index is -0.317. The summed E-state index contributed by atoms with van der Waals surface area (Å²) >= 11 is 0. The Morgan fingerprint density at radius 3 is 2.57 bits per heavy atom. The molecule has 0 aliphatic carbocycles. The molecule has 28 heavy (non-hydrogen) atoms. The number of ether oxygens (including phenoxy) is 2. The Labute approximate surface area is 163 Å². The van der Waals surface area contributed by atoms with E-state index in [4.69, 9.17) is 9.47 Å². The van der Waals surface area contributed by atoms with Crippen LogP contribution in [0, 0.1) is 0 Å². The standard InChI is InChI=1S/C22H21N3O3/c1-16(24-25-22(26)19-9-6-12-23-14-19)18-10-11-20(21(13-18)27-2)28-15-17-7-4-3-5-8-17/h3-14H,15H2,1-2H3,(H,25,26)/b24-16+. The monoisotopic (exact) mass is 375 g/mol. The van der Waals surface area contributed by atoms with E-state index in [0.29, 0.717) is 29.4 Å². The first kappa shape index (κ1) is 19.1. The third-order valence-electron chi connectivity index (χ3n) is 4.07. The number of hydrogen-bond acceptors (Lipinski definition) is 5. The third kappa shape index (κ3) is 4.94. The van der Waals surface area contributed by atoms with Gasteiger partial charge < -0.3 is 9.47 Å². The van der Waals surface area contributed by atoms with Gasteiger partial charge in [0, 0.05) is 18.0 Å². The van der Waals surface area contributed by atoms with Gasteiger partial charge in [-0.1, -0.05) is 30.3 Å². The Kier molecular flexibility index (Phi) is 6.36. The van der Waals surface area contributed by atoms with Gasteiger partial charge in [-0.3, -0.25) is 9.78 Å². The van der Waals surface area contributed by atoms with Crippen LogP contribution in [0.5, 0.6) is 11.5 Å². The van der Waals surface area contributed by atoms with Crippen LogP contribution >= 0.6 is 0 Å². The summed E-state index contributed by atoms with van der Waals surface area (Å²) in [6.07, 6.45) is 3.10. The fraction of sp³-hybridized carbons (Fsp3) is 0.136. The molecule has 6 nitrogen and oxygen atoms in total. The first-order valence-corrected chi connectivity index (χ1v) is 8.77. The van der Waals surface area contributed by atoms with E-state index in [1.807, 2.05) is 55.5 Å². The molecule has 2 aromatic carbocycles. The lowest BCUT2D eigenvalue weighted by Gasteiger charge is -2.12. The van der Waals surface area contributed by atoms with Gasteiger partial charge >= 0.3 is 0 Å². The minimum absolute atomic E-state index is 0.317. The van der Waals surface area contributed by atoms with Gasteiger partial charge in [-0.05, 0) is 42.8 Å². The Morgan fingerprint density at radius 1 is 1.04 bits per heavy atom. The van der Waals surface area contributed by atoms with Crippen molar-refractivity contribution >= 4 is 11.6 Å². The molecule has 0 bridgehead atoms. The molecule has 1 N–H and O–H groups in total. The van der Waals surface area contributed by atoms with E-state index < -0.39 is 0 Å². The molecule has 0 unspecified atom stereocenters. The number of carbonyl (C=O) groups excluding carboxylic acids is 1. The maximum atomic E-state index is 12.1. The van der Waals surface area contributed by atoms with Crippen molar-refractivity contribution in [2.24, 2.45) is 5.10 Å². The van der Waals surface area contributed by atoms with Crippen LogP contribution in [-0.2, 0) is 6.61 Å². The van der Waals surface area contributed by atoms with E-state index in [-0.39, 0.29) is 5.91 Å². The SMILES string of the molecule is COc1cc(/C(C)=N/NC(=O)c2cccnc2)ccc1OCc1ccccc1. The van der Waals surface area contributed by atoms with Crippen molar-refractivity contribution in [2.45, 2.75) is 13.5 Å². The van der Waals surface area contributed by atoms with Crippen molar-refractivity contribution in [3.05, 3.63) is 89.7 Å². The highest BCUT2D eigenvalue weighted by molar-refractivity contribution is 6.01. The summed E-state index contributed by atoms with van der Waals surface area (Å²) in [4.78, 5) is 16.0. The molecule has 3 rings (SSSR count). The molecule has 1 heterocycles. The van der Waals surface area contributed by atoms with E-state index in [0.717, 1.165) is 11.1 Å². The molecule has 0 aliphatic heterocycles. The fourth-order valence-corrected chi connectivity index (χ4v) is 2.51. The highest BCUT2D eigenvalue weighted by Crippen LogP contribution is 2.29. The average Bonchev–Trinajstić information content (AvgIpc) is 2.77. The number of benzene rings is 2. The maximum absolute atomic E-state index is 12.1. The molecule has 0 spiro atoms. The molecular formula is C22H21N3O3. The number of rotatable bonds is 7. The van der Waals surface area contributed by atoms with Crippen molar-refractivity contribution in [3.63, 3.8) is 0 Å². The van der Waals surface area contributed by atoms with Crippen molar-refractivity contribution < 1.29 is 14.3 Å². The molecule has 0 saturated carbocycles. The summed E-state index contributed by atoms with van der Waals surface area (Å²) in [5.74, 6) is 0.922. The van der Waals surface area contributed by atoms with Crippen molar-refractivity contribution in [3.8, 4) is 11.5 Å². The molecule has 142 valence electrons. The number of nitrogens with one attached hydrogen (secondary N) is 1. The zero-order chi connectivity index (χ0) is 19.8. The van der Waals surface area contributed by atoms with Gasteiger partial charge in [0.05, 0.1) is 18.4 Å². The summed E-state index contributed by atoms with van der Waals surface area (Å²) in [5, 5.41) is 4.16. The molecule has 0 radical (unpaired) electrons. The van der Waals surface area contributed by atoms with Crippen LogP contribution in [0.1, 0.15) is 28.4 Å². The van der Waals surface area contributed by atoms with Gasteiger partial charge in [0.25, 0.3) is 5.91 Å². The number of amides is 1. The van der Waals surface area contributed by atoms with Crippen molar-refractivity contribution in [2.75, 3.05) is 7.11 Å². The maximum Gasteiger partial charge on any atom is 0.272 e. The normalized spacial score (nSPS) is 11.0. The molecule has 3 aromatic rings. The number of aromatic nitrogens is 1. The molecule has 0 atom stereocenters. The molecular weight excluding hydrogens is 354 g/mol. The molecule has 0 saturated heterocycles. The van der Waals surface area contributed by atoms with Gasteiger partial charge in [-0.25, -0.2) is 5.43 Å². The second-order valence-electron chi connectivity index (χ2n) is 6.02. The van der Waals surface area contributed by atoms with Crippen LogP contribution < -0.4 is 14.9 Å². The summed E-state index contributed by atoms with van der Waals surface area (Å²) in [5.41, 5.74) is 5.51. The largest absolute Gasteiger partial charge is 0.493 e. The number of pyridine rings is 1. The smallest absolute Gasteiger partial charge is 0.272 e. The zero-order valence-corrected chi connectivity index (χ0v) is 15.8. The van der Waals surface area contributed by atoms with E-state index in [1.165, 1.54) is 6.20 Å². The molecule has 1 aromatic heterocycles. The molecule has 1 amide bonds. The average molecular weight is 375 g/mol. The number of carbonyl (C=O) groups is 1. The Bertz CT molecular complexity index is 957. The van der Waals surface area contributed by atoms with Crippen LogP contribution in [0.15, 0.2) is 78.2 Å². The van der Waals surface area contributed by atoms with Gasteiger partial charge in [0.15, 0.2) is 11.5 Å². The summed E-state index contributed by atoms with van der Waals surface area (Å²) in [6, 6.07) is 18.8. The Hall–Kier alpha value is -3.67. The number of nitrogens with zero attached hydrogens (tertiary/aromatic N) is 2. The van der Waals surface area contributed by atoms with Crippen LogP contribution in [0.25, 0.3) is 0 Å². The van der Waals surface area contributed by atoms with Crippen molar-refractivity contribution in [1.82, 2.24) is 10.4 Å². The highest BCUT2D eigenvalue weighted by atomic mass is 16.5. The molecule has 6 heteroatoms. The Balaban J connectivity index is 1.69. The van der Waals surface area contributed by atoms with Crippen molar-refractivity contribution in [1.29, 1.82) is 0 Å². The van der Waals surface area contributed by atoms with Crippen LogP contribution in [0.4, 0.5) is 0 Å². The minimum Gasteiger partial charge on any atom is -0.493 e. The summed E-state index contributed by atoms with van der Waals surface area (Å²) < 4.78 is 11.3. The lowest BCUT2D eigenvalue weighted by molar-refractivity contribution is 0.0954. The second-order valence-corrected chi connectivity index (χ2v) is 6.02. The lowest BCUT2D eigenvalue weighted by atomic mass is 10.1. The van der Waals surface area contributed by atoms with Gasteiger partial charge in [-0.2, -0.15) is 5.10 Å². The van der Waals surface area contributed by atoms with Gasteiger partial charge in [0.2, 0.25) is 0 Å². The first-order valence-electron chi connectivity index (χ1n) is 8.77. The van der Waals surface area contributed by atoms with Crippen LogP contribution in [-0.4, -0.2) is 23.7 Å². The first-order chi connectivity index (χ1) is 13.7. The van der Waals surface area contributed by atoms with Crippen LogP contribution in [0.3, 0.4) is 0 Å². The quantitative estimate of drug-likeness (QED) is 0.503. The van der Waals surface area contributed by atoms with E-state index in [1.54, 1.807) is 25.4 Å². The topological polar surface area (TPSA) is 72.8 Å². The zero-order valence-electron chi connectivity index (χ0n) is 15.8. The third-order valence-corrected chi connectivity index (χ3v) is 4.07. The highest BCUT2D eigenvalue weighted by Gasteiger charge is 2.09. The van der Waals surface area contributed by atoms with Gasteiger partial charge in [0.1, 0.15) is 6.61 Å². The summed E-state index contributed by atoms with van der Waals surface area (Å²) in [7, 11) is 1.59. The Morgan fingerprint density at radius 2 is 1.86 bits per heavy atom. The predicted molar refractivity (Wildman–Crippen MR) is 108 cm³/mol. The van der Waals surface area contributed by atoms with Crippen LogP contribution in [0.2, 0.25) is 0 Å².